The fourth-order valence-corrected chi connectivity index (χ4v) is 4.22. The summed E-state index contributed by atoms with van der Waals surface area (Å²) in [5.41, 5.74) is 0.949. The molecule has 2 aromatic carbocycles. The fraction of sp³-hybridized carbons (Fsp3) is 0.250. The summed E-state index contributed by atoms with van der Waals surface area (Å²) in [6.45, 7) is -0.424. The number of nitrogens with one attached hydrogen (secondary N) is 2. The highest BCUT2D eigenvalue weighted by atomic mass is 32.2. The van der Waals surface area contributed by atoms with Crippen molar-refractivity contribution in [2.24, 2.45) is 4.99 Å². The molecule has 2 aromatic rings. The van der Waals surface area contributed by atoms with E-state index >= 15 is 0 Å². The van der Waals surface area contributed by atoms with E-state index in [2.05, 4.69) is 15.0 Å². The number of benzene rings is 2. The Labute approximate surface area is 168 Å². The van der Waals surface area contributed by atoms with Crippen LogP contribution in [0.3, 0.4) is 0 Å². The number of nitrogens with zero attached hydrogens (tertiary/aromatic N) is 1. The summed E-state index contributed by atoms with van der Waals surface area (Å²) in [5, 5.41) is 2.84. The molecule has 1 aliphatic carbocycles. The SMILES string of the molecule is O=C(CN=C1NS(=O)(=O)c2ccccc21)O[C@@H](C(=O)NC1CC1)c1ccccc1. The molecule has 0 bridgehead atoms. The lowest BCUT2D eigenvalue weighted by Crippen LogP contribution is -2.34. The van der Waals surface area contributed by atoms with E-state index in [1.165, 1.54) is 6.07 Å². The zero-order valence-electron chi connectivity index (χ0n) is 15.4. The Morgan fingerprint density at radius 3 is 2.52 bits per heavy atom. The summed E-state index contributed by atoms with van der Waals surface area (Å²) in [6.07, 6.45) is 0.736. The van der Waals surface area contributed by atoms with Gasteiger partial charge < -0.3 is 10.1 Å². The van der Waals surface area contributed by atoms with Gasteiger partial charge in [0.05, 0.1) is 4.90 Å². The Kier molecular flexibility index (Phi) is 5.06. The van der Waals surface area contributed by atoms with E-state index in [1.807, 2.05) is 0 Å². The third-order valence-electron chi connectivity index (χ3n) is 4.54. The molecule has 0 spiro atoms. The highest BCUT2D eigenvalue weighted by molar-refractivity contribution is 7.90. The number of hydrogen-bond donors (Lipinski definition) is 2. The second kappa shape index (κ2) is 7.67. The van der Waals surface area contributed by atoms with Crippen molar-refractivity contribution in [3.63, 3.8) is 0 Å². The van der Waals surface area contributed by atoms with Crippen LogP contribution in [-0.4, -0.2) is 38.7 Å². The van der Waals surface area contributed by atoms with Gasteiger partial charge >= 0.3 is 5.97 Å². The molecule has 9 heteroatoms. The van der Waals surface area contributed by atoms with Crippen molar-refractivity contribution in [3.05, 3.63) is 65.7 Å². The van der Waals surface area contributed by atoms with Gasteiger partial charge in [0.25, 0.3) is 15.9 Å². The van der Waals surface area contributed by atoms with Gasteiger partial charge in [-0.05, 0) is 25.0 Å². The lowest BCUT2D eigenvalue weighted by atomic mass is 10.1. The number of carbonyl (C=O) groups excluding carboxylic acids is 2. The fourth-order valence-electron chi connectivity index (χ4n) is 2.97. The van der Waals surface area contributed by atoms with Crippen molar-refractivity contribution >= 4 is 27.7 Å². The van der Waals surface area contributed by atoms with E-state index in [0.29, 0.717) is 11.1 Å². The molecule has 150 valence electrons. The van der Waals surface area contributed by atoms with Gasteiger partial charge in [-0.1, -0.05) is 42.5 Å². The monoisotopic (exact) mass is 413 g/mol. The van der Waals surface area contributed by atoms with E-state index < -0.39 is 28.6 Å². The molecule has 1 fully saturated rings. The molecule has 8 nitrogen and oxygen atoms in total. The topological polar surface area (TPSA) is 114 Å². The summed E-state index contributed by atoms with van der Waals surface area (Å²) < 4.78 is 31.9. The van der Waals surface area contributed by atoms with Crippen molar-refractivity contribution in [3.8, 4) is 0 Å². The molecule has 0 radical (unpaired) electrons. The third kappa shape index (κ3) is 4.29. The Bertz CT molecular complexity index is 1080. The molecule has 1 saturated carbocycles. The number of aliphatic imine (C=N–C) groups is 1. The first kappa shape index (κ1) is 19.1. The van der Waals surface area contributed by atoms with Crippen molar-refractivity contribution in [2.75, 3.05) is 6.54 Å². The predicted molar refractivity (Wildman–Crippen MR) is 105 cm³/mol. The lowest BCUT2D eigenvalue weighted by Gasteiger charge is -2.17. The Morgan fingerprint density at radius 2 is 1.79 bits per heavy atom. The first-order valence-electron chi connectivity index (χ1n) is 9.15. The molecule has 2 aliphatic rings. The summed E-state index contributed by atoms with van der Waals surface area (Å²) in [5.74, 6) is -1.04. The summed E-state index contributed by atoms with van der Waals surface area (Å²) >= 11 is 0. The molecule has 1 atom stereocenters. The number of rotatable bonds is 6. The van der Waals surface area contributed by atoms with Crippen LogP contribution in [0, 0.1) is 0 Å². The molecule has 1 heterocycles. The molecule has 29 heavy (non-hydrogen) atoms. The number of hydrogen-bond acceptors (Lipinski definition) is 6. The minimum atomic E-state index is -3.69. The molecule has 0 unspecified atom stereocenters. The summed E-state index contributed by atoms with van der Waals surface area (Å²) in [4.78, 5) is 29.1. The number of sulfonamides is 1. The molecular formula is C20H19N3O5S. The maximum atomic E-state index is 12.5. The molecule has 1 aliphatic heterocycles. The highest BCUT2D eigenvalue weighted by Crippen LogP contribution is 2.24. The third-order valence-corrected chi connectivity index (χ3v) is 5.94. The van der Waals surface area contributed by atoms with Crippen LogP contribution in [0.5, 0.6) is 0 Å². The number of amidine groups is 1. The standard InChI is InChI=1S/C20H19N3O5S/c24-17(12-21-19-15-8-4-5-9-16(15)29(26,27)23-19)28-18(13-6-2-1-3-7-13)20(25)22-14-10-11-14/h1-9,14,18H,10-12H2,(H,21,23)(H,22,25)/t18-/m1/s1. The number of esters is 1. The lowest BCUT2D eigenvalue weighted by molar-refractivity contribution is -0.155. The maximum Gasteiger partial charge on any atom is 0.328 e. The van der Waals surface area contributed by atoms with E-state index in [1.54, 1.807) is 48.5 Å². The normalized spacial score (nSPS) is 19.1. The smallest absolute Gasteiger partial charge is 0.328 e. The first-order valence-corrected chi connectivity index (χ1v) is 10.6. The van der Waals surface area contributed by atoms with Crippen molar-refractivity contribution < 1.29 is 22.7 Å². The van der Waals surface area contributed by atoms with E-state index in [-0.39, 0.29) is 22.7 Å². The Balaban J connectivity index is 1.49. The number of ether oxygens (including phenoxy) is 1. The first-order chi connectivity index (χ1) is 13.9. The van der Waals surface area contributed by atoms with Gasteiger partial charge in [0.15, 0.2) is 0 Å². The van der Waals surface area contributed by atoms with Gasteiger partial charge in [-0.25, -0.2) is 8.42 Å². The van der Waals surface area contributed by atoms with Crippen LogP contribution in [0.2, 0.25) is 0 Å². The van der Waals surface area contributed by atoms with E-state index in [9.17, 15) is 18.0 Å². The zero-order chi connectivity index (χ0) is 20.4. The molecule has 0 aromatic heterocycles. The van der Waals surface area contributed by atoms with Crippen molar-refractivity contribution in [2.45, 2.75) is 29.9 Å². The molecule has 1 amide bonds. The zero-order valence-corrected chi connectivity index (χ0v) is 16.2. The number of carbonyl (C=O) groups is 2. The second-order valence-corrected chi connectivity index (χ2v) is 8.48. The molecule has 0 saturated heterocycles. The van der Waals surface area contributed by atoms with Crippen LogP contribution >= 0.6 is 0 Å². The minimum Gasteiger partial charge on any atom is -0.446 e. The van der Waals surface area contributed by atoms with Gasteiger partial charge in [0.1, 0.15) is 12.4 Å². The largest absolute Gasteiger partial charge is 0.446 e. The van der Waals surface area contributed by atoms with E-state index in [0.717, 1.165) is 12.8 Å². The maximum absolute atomic E-state index is 12.5. The average Bonchev–Trinajstić information content (AvgIpc) is 3.49. The average molecular weight is 413 g/mol. The predicted octanol–water partition coefficient (Wildman–Crippen LogP) is 1.29. The van der Waals surface area contributed by atoms with Crippen LogP contribution < -0.4 is 10.0 Å². The molecule has 2 N–H and O–H groups in total. The second-order valence-electron chi connectivity index (χ2n) is 6.83. The molecular weight excluding hydrogens is 394 g/mol. The van der Waals surface area contributed by atoms with Gasteiger partial charge in [0, 0.05) is 17.2 Å². The molecule has 4 rings (SSSR count). The van der Waals surface area contributed by atoms with Crippen LogP contribution in [-0.2, 0) is 24.3 Å². The van der Waals surface area contributed by atoms with Crippen LogP contribution in [0.4, 0.5) is 0 Å². The van der Waals surface area contributed by atoms with Gasteiger partial charge in [-0.15, -0.1) is 0 Å². The van der Waals surface area contributed by atoms with Gasteiger partial charge in [-0.3, -0.25) is 19.3 Å². The summed E-state index contributed by atoms with van der Waals surface area (Å²) in [6, 6.07) is 15.2. The van der Waals surface area contributed by atoms with Crippen molar-refractivity contribution in [1.29, 1.82) is 0 Å². The number of amides is 1. The van der Waals surface area contributed by atoms with Gasteiger partial charge in [-0.2, -0.15) is 0 Å². The summed E-state index contributed by atoms with van der Waals surface area (Å²) in [7, 11) is -3.69. The van der Waals surface area contributed by atoms with Crippen molar-refractivity contribution in [1.82, 2.24) is 10.0 Å². The Morgan fingerprint density at radius 1 is 1.10 bits per heavy atom. The van der Waals surface area contributed by atoms with Crippen LogP contribution in [0.1, 0.15) is 30.1 Å². The van der Waals surface area contributed by atoms with Gasteiger partial charge in [0.2, 0.25) is 6.10 Å². The minimum absolute atomic E-state index is 0.0799. The number of fused-ring (bicyclic) bond motifs is 1. The highest BCUT2D eigenvalue weighted by Gasteiger charge is 2.32. The quantitative estimate of drug-likeness (QED) is 0.693. The van der Waals surface area contributed by atoms with E-state index in [4.69, 9.17) is 4.74 Å². The Hall–Kier alpha value is -3.20. The van der Waals surface area contributed by atoms with Crippen LogP contribution in [0.15, 0.2) is 64.5 Å². The van der Waals surface area contributed by atoms with Crippen LogP contribution in [0.25, 0.3) is 0 Å².